The van der Waals surface area contributed by atoms with Gasteiger partial charge in [-0.2, -0.15) is 0 Å². The van der Waals surface area contributed by atoms with E-state index in [0.717, 1.165) is 18.4 Å². The van der Waals surface area contributed by atoms with Crippen LogP contribution in [0.1, 0.15) is 19.3 Å². The molecule has 17 heavy (non-hydrogen) atoms. The molecule has 0 aliphatic carbocycles. The van der Waals surface area contributed by atoms with Gasteiger partial charge in [0.25, 0.3) is 0 Å². The molecule has 0 aromatic carbocycles. The first kappa shape index (κ1) is 13.7. The minimum atomic E-state index is -0.0918. The lowest BCUT2D eigenvalue weighted by Gasteiger charge is -2.13. The molecule has 0 radical (unpaired) electrons. The van der Waals surface area contributed by atoms with E-state index in [2.05, 4.69) is 13.2 Å². The zero-order chi connectivity index (χ0) is 12.5. The summed E-state index contributed by atoms with van der Waals surface area (Å²) in [6.07, 6.45) is 7.62. The van der Waals surface area contributed by atoms with Crippen LogP contribution in [0.2, 0.25) is 0 Å². The van der Waals surface area contributed by atoms with Crippen molar-refractivity contribution in [1.29, 1.82) is 0 Å². The zero-order valence-electron chi connectivity index (χ0n) is 10.2. The molecule has 0 aromatic heterocycles. The fourth-order valence-corrected chi connectivity index (χ4v) is 1.71. The minimum Gasteiger partial charge on any atom is -0.466 e. The smallest absolute Gasteiger partial charge is 0.305 e. The summed E-state index contributed by atoms with van der Waals surface area (Å²) in [5.74, 6) is 0.321. The van der Waals surface area contributed by atoms with E-state index in [-0.39, 0.29) is 5.97 Å². The van der Waals surface area contributed by atoms with Gasteiger partial charge in [-0.15, -0.1) is 0 Å². The fraction of sp³-hybridized carbons (Fsp3) is 0.500. The van der Waals surface area contributed by atoms with Gasteiger partial charge >= 0.3 is 5.97 Å². The Balaban J connectivity index is 2.25. The third kappa shape index (κ3) is 5.50. The summed E-state index contributed by atoms with van der Waals surface area (Å²) in [7, 11) is 0. The van der Waals surface area contributed by atoms with Gasteiger partial charge in [0.15, 0.2) is 0 Å². The number of allylic oxidation sites excluding steroid dienone is 2. The van der Waals surface area contributed by atoms with Crippen LogP contribution < -0.4 is 0 Å². The van der Waals surface area contributed by atoms with Crippen molar-refractivity contribution in [2.24, 2.45) is 5.92 Å². The Morgan fingerprint density at radius 3 is 3.00 bits per heavy atom. The highest BCUT2D eigenvalue weighted by Crippen LogP contribution is 2.17. The topological polar surface area (TPSA) is 35.5 Å². The second-order valence-electron chi connectivity index (χ2n) is 4.11. The minimum absolute atomic E-state index is 0.0918. The van der Waals surface area contributed by atoms with Crippen LogP contribution >= 0.6 is 0 Å². The first-order chi connectivity index (χ1) is 8.26. The number of carbonyl (C=O) groups excluding carboxylic acids is 1. The number of carbonyl (C=O) groups is 1. The molecule has 1 fully saturated rings. The fourth-order valence-electron chi connectivity index (χ4n) is 1.71. The van der Waals surface area contributed by atoms with E-state index in [0.29, 0.717) is 32.2 Å². The molecule has 1 atom stereocenters. The maximum Gasteiger partial charge on any atom is 0.305 e. The lowest BCUT2D eigenvalue weighted by molar-refractivity contribution is -0.142. The maximum atomic E-state index is 11.0. The largest absolute Gasteiger partial charge is 0.466 e. The SMILES string of the molecule is C=C/C=C(\C=C)COCC1CCOC(=O)CC1. The van der Waals surface area contributed by atoms with Crippen LogP contribution in [0, 0.1) is 5.92 Å². The first-order valence-electron chi connectivity index (χ1n) is 5.93. The monoisotopic (exact) mass is 236 g/mol. The summed E-state index contributed by atoms with van der Waals surface area (Å²) in [6.45, 7) is 9.07. The van der Waals surface area contributed by atoms with E-state index in [1.165, 1.54) is 0 Å². The van der Waals surface area contributed by atoms with Crippen LogP contribution in [0.3, 0.4) is 0 Å². The molecule has 1 rings (SSSR count). The van der Waals surface area contributed by atoms with Crippen molar-refractivity contribution in [3.05, 3.63) is 37.0 Å². The van der Waals surface area contributed by atoms with E-state index in [4.69, 9.17) is 9.47 Å². The average Bonchev–Trinajstić information content (AvgIpc) is 2.53. The lowest BCUT2D eigenvalue weighted by atomic mass is 10.0. The Hall–Kier alpha value is -1.35. The van der Waals surface area contributed by atoms with Gasteiger partial charge in [0.2, 0.25) is 0 Å². The Morgan fingerprint density at radius 2 is 2.29 bits per heavy atom. The van der Waals surface area contributed by atoms with Crippen molar-refractivity contribution in [2.75, 3.05) is 19.8 Å². The van der Waals surface area contributed by atoms with Gasteiger partial charge in [-0.3, -0.25) is 4.79 Å². The van der Waals surface area contributed by atoms with Crippen molar-refractivity contribution < 1.29 is 14.3 Å². The molecule has 0 aromatic rings. The van der Waals surface area contributed by atoms with Crippen molar-refractivity contribution in [2.45, 2.75) is 19.3 Å². The molecule has 1 heterocycles. The molecule has 94 valence electrons. The van der Waals surface area contributed by atoms with Gasteiger partial charge in [-0.1, -0.05) is 31.4 Å². The van der Waals surface area contributed by atoms with Crippen LogP contribution in [0.15, 0.2) is 37.0 Å². The summed E-state index contributed by atoms with van der Waals surface area (Å²) >= 11 is 0. The standard InChI is InChI=1S/C14H20O3/c1-3-5-12(4-2)10-16-11-13-6-7-14(15)17-9-8-13/h3-5,13H,1-2,6-11H2/b12-5+. The van der Waals surface area contributed by atoms with Gasteiger partial charge < -0.3 is 9.47 Å². The summed E-state index contributed by atoms with van der Waals surface area (Å²) < 4.78 is 10.6. The number of hydrogen-bond donors (Lipinski definition) is 0. The van der Waals surface area contributed by atoms with Crippen LogP contribution in [0.5, 0.6) is 0 Å². The van der Waals surface area contributed by atoms with Crippen LogP contribution in [0.4, 0.5) is 0 Å². The number of rotatable bonds is 6. The molecule has 0 bridgehead atoms. The quantitative estimate of drug-likeness (QED) is 0.525. The number of esters is 1. The van der Waals surface area contributed by atoms with E-state index >= 15 is 0 Å². The Bertz CT molecular complexity index is 305. The van der Waals surface area contributed by atoms with Crippen LogP contribution in [-0.2, 0) is 14.3 Å². The molecule has 0 amide bonds. The molecule has 1 aliphatic rings. The normalized spacial score (nSPS) is 21.5. The Morgan fingerprint density at radius 1 is 1.47 bits per heavy atom. The second-order valence-corrected chi connectivity index (χ2v) is 4.11. The number of hydrogen-bond acceptors (Lipinski definition) is 3. The van der Waals surface area contributed by atoms with Crippen molar-refractivity contribution >= 4 is 5.97 Å². The molecule has 1 unspecified atom stereocenters. The van der Waals surface area contributed by atoms with Crippen LogP contribution in [0.25, 0.3) is 0 Å². The molecular weight excluding hydrogens is 216 g/mol. The predicted octanol–water partition coefficient (Wildman–Crippen LogP) is 2.64. The molecule has 3 heteroatoms. The van der Waals surface area contributed by atoms with Gasteiger partial charge in [-0.05, 0) is 24.3 Å². The van der Waals surface area contributed by atoms with E-state index in [1.54, 1.807) is 12.2 Å². The predicted molar refractivity (Wildman–Crippen MR) is 67.6 cm³/mol. The number of ether oxygens (including phenoxy) is 2. The molecule has 0 saturated carbocycles. The van der Waals surface area contributed by atoms with Crippen molar-refractivity contribution in [3.63, 3.8) is 0 Å². The molecule has 1 aliphatic heterocycles. The van der Waals surface area contributed by atoms with Gasteiger partial charge in [-0.25, -0.2) is 0 Å². The van der Waals surface area contributed by atoms with Gasteiger partial charge in [0, 0.05) is 13.0 Å². The van der Waals surface area contributed by atoms with Crippen molar-refractivity contribution in [1.82, 2.24) is 0 Å². The Kier molecular flexibility index (Phi) is 6.33. The first-order valence-corrected chi connectivity index (χ1v) is 5.93. The highest BCUT2D eigenvalue weighted by molar-refractivity contribution is 5.69. The number of cyclic esters (lactones) is 1. The van der Waals surface area contributed by atoms with E-state index in [1.807, 2.05) is 6.08 Å². The van der Waals surface area contributed by atoms with Gasteiger partial charge in [0.05, 0.1) is 13.2 Å². The zero-order valence-corrected chi connectivity index (χ0v) is 10.2. The lowest BCUT2D eigenvalue weighted by Crippen LogP contribution is -2.11. The molecule has 3 nitrogen and oxygen atoms in total. The van der Waals surface area contributed by atoms with Gasteiger partial charge in [0.1, 0.15) is 0 Å². The highest BCUT2D eigenvalue weighted by Gasteiger charge is 2.17. The van der Waals surface area contributed by atoms with Crippen molar-refractivity contribution in [3.8, 4) is 0 Å². The maximum absolute atomic E-state index is 11.0. The molecule has 0 spiro atoms. The van der Waals surface area contributed by atoms with E-state index < -0.39 is 0 Å². The molecular formula is C14H20O3. The summed E-state index contributed by atoms with van der Waals surface area (Å²) in [5, 5.41) is 0. The van der Waals surface area contributed by atoms with Crippen LogP contribution in [-0.4, -0.2) is 25.8 Å². The molecule has 1 saturated heterocycles. The second kappa shape index (κ2) is 7.85. The third-order valence-corrected chi connectivity index (χ3v) is 2.76. The average molecular weight is 236 g/mol. The summed E-state index contributed by atoms with van der Waals surface area (Å²) in [5.41, 5.74) is 1.01. The Labute approximate surface area is 103 Å². The molecule has 0 N–H and O–H groups in total. The summed E-state index contributed by atoms with van der Waals surface area (Å²) in [4.78, 5) is 11.0. The third-order valence-electron chi connectivity index (χ3n) is 2.76. The summed E-state index contributed by atoms with van der Waals surface area (Å²) in [6, 6.07) is 0. The highest BCUT2D eigenvalue weighted by atomic mass is 16.5. The van der Waals surface area contributed by atoms with E-state index in [9.17, 15) is 4.79 Å².